The molecule has 2 aromatic heterocycles. The number of esters is 1. The van der Waals surface area contributed by atoms with Crippen molar-refractivity contribution in [2.75, 3.05) is 18.7 Å². The van der Waals surface area contributed by atoms with Crippen molar-refractivity contribution in [3.63, 3.8) is 0 Å². The van der Waals surface area contributed by atoms with Crippen molar-refractivity contribution < 1.29 is 28.3 Å². The maximum atomic E-state index is 12.9. The van der Waals surface area contributed by atoms with Crippen LogP contribution in [0.3, 0.4) is 0 Å². The van der Waals surface area contributed by atoms with Gasteiger partial charge in [-0.1, -0.05) is 5.16 Å². The van der Waals surface area contributed by atoms with Crippen molar-refractivity contribution in [3.8, 4) is 22.8 Å². The average Bonchev–Trinajstić information content (AvgIpc) is 3.50. The largest absolute Gasteiger partial charge is 0.462 e. The summed E-state index contributed by atoms with van der Waals surface area (Å²) >= 11 is 1.43. The molecule has 0 saturated heterocycles. The highest BCUT2D eigenvalue weighted by Crippen LogP contribution is 2.39. The fourth-order valence-corrected chi connectivity index (χ4v) is 5.08. The summed E-state index contributed by atoms with van der Waals surface area (Å²) < 4.78 is 21.3. The third-order valence-corrected chi connectivity index (χ3v) is 6.49. The van der Waals surface area contributed by atoms with Crippen LogP contribution in [-0.4, -0.2) is 30.4 Å². The molecule has 0 fully saturated rings. The number of amides is 1. The molecule has 9 heteroatoms. The molecule has 160 valence electrons. The van der Waals surface area contributed by atoms with Crippen LogP contribution in [0.2, 0.25) is 0 Å². The lowest BCUT2D eigenvalue weighted by Crippen LogP contribution is -2.16. The van der Waals surface area contributed by atoms with E-state index in [2.05, 4.69) is 10.5 Å². The van der Waals surface area contributed by atoms with Crippen molar-refractivity contribution >= 4 is 28.2 Å². The van der Waals surface area contributed by atoms with Crippen molar-refractivity contribution in [2.24, 2.45) is 0 Å². The van der Waals surface area contributed by atoms with Gasteiger partial charge < -0.3 is 24.1 Å². The Hall–Kier alpha value is -3.33. The number of rotatable bonds is 5. The minimum Gasteiger partial charge on any atom is -0.462 e. The summed E-state index contributed by atoms with van der Waals surface area (Å²) in [4.78, 5) is 26.6. The van der Waals surface area contributed by atoms with Crippen LogP contribution >= 0.6 is 11.3 Å². The van der Waals surface area contributed by atoms with Gasteiger partial charge in [0.2, 0.25) is 6.79 Å². The van der Waals surface area contributed by atoms with Crippen molar-refractivity contribution in [1.29, 1.82) is 0 Å². The molecule has 1 aliphatic heterocycles. The Balaban J connectivity index is 1.40. The number of hydrogen-bond donors (Lipinski definition) is 1. The summed E-state index contributed by atoms with van der Waals surface area (Å²) in [6.45, 7) is 2.22. The number of ether oxygens (including phenoxy) is 3. The predicted octanol–water partition coefficient (Wildman–Crippen LogP) is 4.44. The Morgan fingerprint density at radius 1 is 1.16 bits per heavy atom. The minimum atomic E-state index is -0.445. The van der Waals surface area contributed by atoms with Crippen LogP contribution < -0.4 is 14.8 Å². The predicted molar refractivity (Wildman–Crippen MR) is 113 cm³/mol. The first-order valence-corrected chi connectivity index (χ1v) is 11.0. The molecule has 0 unspecified atom stereocenters. The van der Waals surface area contributed by atoms with Crippen LogP contribution in [-0.2, 0) is 17.6 Å². The third-order valence-electron chi connectivity index (χ3n) is 5.28. The highest BCUT2D eigenvalue weighted by Gasteiger charge is 2.28. The van der Waals surface area contributed by atoms with Crippen molar-refractivity contribution in [3.05, 3.63) is 46.0 Å². The first kappa shape index (κ1) is 19.6. The molecule has 0 atom stereocenters. The summed E-state index contributed by atoms with van der Waals surface area (Å²) in [6, 6.07) is 6.92. The van der Waals surface area contributed by atoms with Gasteiger partial charge in [-0.05, 0) is 56.4 Å². The zero-order valence-corrected chi connectivity index (χ0v) is 17.7. The standard InChI is InChI=1S/C22H20N2O6S/c1-2-27-22(26)19-13-5-3-4-6-18(13)31-21(19)23-20(25)14-10-16(30-24-14)12-7-8-15-17(9-12)29-11-28-15/h7-10H,2-6,11H2,1H3,(H,23,25). The van der Waals surface area contributed by atoms with Gasteiger partial charge >= 0.3 is 5.97 Å². The van der Waals surface area contributed by atoms with E-state index in [-0.39, 0.29) is 19.1 Å². The number of thiophene rings is 1. The van der Waals surface area contributed by atoms with E-state index in [1.807, 2.05) is 6.07 Å². The fourth-order valence-electron chi connectivity index (χ4n) is 3.81. The van der Waals surface area contributed by atoms with E-state index in [9.17, 15) is 9.59 Å². The van der Waals surface area contributed by atoms with Crippen LogP contribution in [0.5, 0.6) is 11.5 Å². The van der Waals surface area contributed by atoms with E-state index >= 15 is 0 Å². The molecule has 0 radical (unpaired) electrons. The summed E-state index contributed by atoms with van der Waals surface area (Å²) in [5, 5.41) is 7.25. The molecule has 2 aliphatic rings. The van der Waals surface area contributed by atoms with Gasteiger partial charge in [0.25, 0.3) is 5.91 Å². The van der Waals surface area contributed by atoms with Gasteiger partial charge in [-0.2, -0.15) is 0 Å². The Bertz CT molecular complexity index is 1160. The Labute approximate surface area is 182 Å². The molecule has 5 rings (SSSR count). The second kappa shape index (κ2) is 8.07. The lowest BCUT2D eigenvalue weighted by Gasteiger charge is -2.12. The van der Waals surface area contributed by atoms with Crippen LogP contribution in [0.25, 0.3) is 11.3 Å². The zero-order valence-electron chi connectivity index (χ0n) is 16.9. The SMILES string of the molecule is CCOC(=O)c1c(NC(=O)c2cc(-c3ccc4c(c3)OCO4)on2)sc2c1CCCC2. The highest BCUT2D eigenvalue weighted by molar-refractivity contribution is 7.17. The number of fused-ring (bicyclic) bond motifs is 2. The highest BCUT2D eigenvalue weighted by atomic mass is 32.1. The number of nitrogens with one attached hydrogen (secondary N) is 1. The molecule has 0 spiro atoms. The molecule has 0 saturated carbocycles. The van der Waals surface area contributed by atoms with E-state index in [1.165, 1.54) is 11.3 Å². The molecule has 0 bridgehead atoms. The Morgan fingerprint density at radius 3 is 2.87 bits per heavy atom. The monoisotopic (exact) mass is 440 g/mol. The number of aromatic nitrogens is 1. The average molecular weight is 440 g/mol. The van der Waals surface area contributed by atoms with Crippen LogP contribution in [0.4, 0.5) is 5.00 Å². The van der Waals surface area contributed by atoms with Gasteiger partial charge in [0, 0.05) is 16.5 Å². The van der Waals surface area contributed by atoms with E-state index in [0.717, 1.165) is 41.7 Å². The molecule has 1 aromatic carbocycles. The smallest absolute Gasteiger partial charge is 0.341 e. The van der Waals surface area contributed by atoms with E-state index < -0.39 is 11.9 Å². The normalized spacial score (nSPS) is 14.2. The van der Waals surface area contributed by atoms with E-state index in [1.54, 1.807) is 25.1 Å². The molecule has 31 heavy (non-hydrogen) atoms. The van der Waals surface area contributed by atoms with Gasteiger partial charge in [-0.25, -0.2) is 4.79 Å². The number of anilines is 1. The quantitative estimate of drug-likeness (QED) is 0.586. The minimum absolute atomic E-state index is 0.119. The van der Waals surface area contributed by atoms with E-state index in [0.29, 0.717) is 27.8 Å². The van der Waals surface area contributed by atoms with Crippen molar-refractivity contribution in [1.82, 2.24) is 5.16 Å². The molecule has 3 heterocycles. The van der Waals surface area contributed by atoms with Crippen molar-refractivity contribution in [2.45, 2.75) is 32.6 Å². The number of benzene rings is 1. The summed E-state index contributed by atoms with van der Waals surface area (Å²) in [7, 11) is 0. The molecule has 1 aliphatic carbocycles. The van der Waals surface area contributed by atoms with E-state index in [4.69, 9.17) is 18.7 Å². The van der Waals surface area contributed by atoms with Crippen LogP contribution in [0.15, 0.2) is 28.8 Å². The number of hydrogen-bond acceptors (Lipinski definition) is 8. The molecule has 8 nitrogen and oxygen atoms in total. The van der Waals surface area contributed by atoms with Crippen LogP contribution in [0, 0.1) is 0 Å². The van der Waals surface area contributed by atoms with Gasteiger partial charge in [-0.3, -0.25) is 4.79 Å². The lowest BCUT2D eigenvalue weighted by molar-refractivity contribution is 0.0526. The second-order valence-corrected chi connectivity index (χ2v) is 8.34. The topological polar surface area (TPSA) is 99.9 Å². The maximum absolute atomic E-state index is 12.9. The second-order valence-electron chi connectivity index (χ2n) is 7.23. The Kier molecular flexibility index (Phi) is 5.11. The first-order valence-electron chi connectivity index (χ1n) is 10.1. The summed E-state index contributed by atoms with van der Waals surface area (Å²) in [5.41, 5.74) is 2.30. The van der Waals surface area contributed by atoms with Gasteiger partial charge in [-0.15, -0.1) is 11.3 Å². The third kappa shape index (κ3) is 3.65. The molecule has 1 N–H and O–H groups in total. The summed E-state index contributed by atoms with van der Waals surface area (Å²) in [6.07, 6.45) is 3.81. The molecular formula is C22H20N2O6S. The lowest BCUT2D eigenvalue weighted by atomic mass is 9.95. The number of nitrogens with zero attached hydrogens (tertiary/aromatic N) is 1. The number of carbonyl (C=O) groups is 2. The molecular weight excluding hydrogens is 420 g/mol. The van der Waals surface area contributed by atoms with Crippen LogP contribution in [0.1, 0.15) is 51.1 Å². The van der Waals surface area contributed by atoms with Gasteiger partial charge in [0.1, 0.15) is 5.00 Å². The number of carbonyl (C=O) groups excluding carboxylic acids is 2. The fraction of sp³-hybridized carbons (Fsp3) is 0.318. The van der Waals surface area contributed by atoms with Gasteiger partial charge in [0.05, 0.1) is 12.2 Å². The molecule has 1 amide bonds. The first-order chi connectivity index (χ1) is 15.1. The zero-order chi connectivity index (χ0) is 21.4. The Morgan fingerprint density at radius 2 is 2.00 bits per heavy atom. The molecule has 3 aromatic rings. The maximum Gasteiger partial charge on any atom is 0.341 e. The van der Waals surface area contributed by atoms with Gasteiger partial charge in [0.15, 0.2) is 23.0 Å². The summed E-state index contributed by atoms with van der Waals surface area (Å²) in [5.74, 6) is 0.857. The number of aryl methyl sites for hydroxylation is 1.